The van der Waals surface area contributed by atoms with Crippen LogP contribution in [0.4, 0.5) is 0 Å². The molecule has 82 valence electrons. The van der Waals surface area contributed by atoms with E-state index in [0.717, 1.165) is 5.56 Å². The lowest BCUT2D eigenvalue weighted by Crippen LogP contribution is -1.98. The fourth-order valence-corrected chi connectivity index (χ4v) is 1.69. The highest BCUT2D eigenvalue weighted by Gasteiger charge is 2.18. The summed E-state index contributed by atoms with van der Waals surface area (Å²) in [6.45, 7) is 1.63. The maximum atomic E-state index is 11.1. The van der Waals surface area contributed by atoms with Crippen LogP contribution in [0.1, 0.15) is 16.1 Å². The van der Waals surface area contributed by atoms with Gasteiger partial charge >= 0.3 is 5.97 Å². The molecule has 0 aliphatic carbocycles. The highest BCUT2D eigenvalue weighted by molar-refractivity contribution is 6.30. The lowest BCUT2D eigenvalue weighted by Gasteiger charge is -2.00. The summed E-state index contributed by atoms with van der Waals surface area (Å²) in [5.41, 5.74) is 1.54. The van der Waals surface area contributed by atoms with Gasteiger partial charge in [-0.25, -0.2) is 4.79 Å². The lowest BCUT2D eigenvalue weighted by molar-refractivity contribution is 0.0696. The second-order valence-corrected chi connectivity index (χ2v) is 3.83. The molecule has 1 heterocycles. The first-order valence-electron chi connectivity index (χ1n) is 4.67. The van der Waals surface area contributed by atoms with Crippen LogP contribution in [-0.2, 0) is 0 Å². The molecule has 1 aromatic heterocycles. The Balaban J connectivity index is 2.56. The number of carbonyl (C=O) groups is 1. The van der Waals surface area contributed by atoms with E-state index >= 15 is 0 Å². The van der Waals surface area contributed by atoms with E-state index in [-0.39, 0.29) is 5.56 Å². The molecule has 0 amide bonds. The summed E-state index contributed by atoms with van der Waals surface area (Å²) in [5, 5.41) is 9.68. The Kier molecular flexibility index (Phi) is 2.71. The molecule has 1 N–H and O–H groups in total. The molecule has 0 fully saturated rings. The van der Waals surface area contributed by atoms with Gasteiger partial charge in [-0.1, -0.05) is 23.7 Å². The molecular formula is C12H9ClO3. The first-order valence-corrected chi connectivity index (χ1v) is 5.04. The standard InChI is InChI=1S/C12H9ClO3/c1-7-11(12(14)15)10(6-16-7)8-2-4-9(13)5-3-8/h2-6H,1H3,(H,14,15). The van der Waals surface area contributed by atoms with Gasteiger partial charge < -0.3 is 9.52 Å². The molecule has 0 bridgehead atoms. The number of benzene rings is 1. The van der Waals surface area contributed by atoms with Crippen LogP contribution in [0.15, 0.2) is 34.9 Å². The molecule has 2 aromatic rings. The predicted octanol–water partition coefficient (Wildman–Crippen LogP) is 3.61. The van der Waals surface area contributed by atoms with Crippen molar-refractivity contribution in [1.82, 2.24) is 0 Å². The minimum Gasteiger partial charge on any atom is -0.478 e. The Morgan fingerprint density at radius 2 is 1.94 bits per heavy atom. The average molecular weight is 237 g/mol. The minimum atomic E-state index is -0.990. The van der Waals surface area contributed by atoms with Crippen molar-refractivity contribution in [3.05, 3.63) is 46.9 Å². The molecule has 3 nitrogen and oxygen atoms in total. The number of hydrogen-bond acceptors (Lipinski definition) is 2. The zero-order valence-corrected chi connectivity index (χ0v) is 9.28. The van der Waals surface area contributed by atoms with Crippen molar-refractivity contribution in [2.45, 2.75) is 6.92 Å². The summed E-state index contributed by atoms with van der Waals surface area (Å²) in [6, 6.07) is 6.95. The van der Waals surface area contributed by atoms with Gasteiger partial charge in [-0.3, -0.25) is 0 Å². The fraction of sp³-hybridized carbons (Fsp3) is 0.0833. The summed E-state index contributed by atoms with van der Waals surface area (Å²) in [6.07, 6.45) is 1.45. The average Bonchev–Trinajstić information content (AvgIpc) is 2.61. The van der Waals surface area contributed by atoms with Crippen LogP contribution in [0, 0.1) is 6.92 Å². The van der Waals surface area contributed by atoms with Gasteiger partial charge in [-0.2, -0.15) is 0 Å². The Morgan fingerprint density at radius 3 is 2.50 bits per heavy atom. The van der Waals surface area contributed by atoms with Crippen LogP contribution in [0.25, 0.3) is 11.1 Å². The molecule has 0 radical (unpaired) electrons. The SMILES string of the molecule is Cc1occ(-c2ccc(Cl)cc2)c1C(=O)O. The van der Waals surface area contributed by atoms with E-state index in [4.69, 9.17) is 21.1 Å². The molecule has 0 aliphatic heterocycles. The molecule has 1 aromatic carbocycles. The highest BCUT2D eigenvalue weighted by Crippen LogP contribution is 2.28. The first kappa shape index (κ1) is 10.8. The van der Waals surface area contributed by atoms with E-state index in [9.17, 15) is 4.79 Å². The zero-order valence-electron chi connectivity index (χ0n) is 8.53. The molecular weight excluding hydrogens is 228 g/mol. The van der Waals surface area contributed by atoms with Gasteiger partial charge in [0, 0.05) is 10.6 Å². The van der Waals surface area contributed by atoms with E-state index in [1.54, 1.807) is 31.2 Å². The van der Waals surface area contributed by atoms with E-state index in [1.165, 1.54) is 6.26 Å². The number of halogens is 1. The number of aromatic carboxylic acids is 1. The largest absolute Gasteiger partial charge is 0.478 e. The summed E-state index contributed by atoms with van der Waals surface area (Å²) < 4.78 is 5.13. The van der Waals surface area contributed by atoms with Crippen molar-refractivity contribution >= 4 is 17.6 Å². The number of furan rings is 1. The third-order valence-electron chi connectivity index (χ3n) is 2.34. The second-order valence-electron chi connectivity index (χ2n) is 3.39. The molecule has 4 heteroatoms. The van der Waals surface area contributed by atoms with Crippen LogP contribution in [-0.4, -0.2) is 11.1 Å². The summed E-state index contributed by atoms with van der Waals surface area (Å²) in [4.78, 5) is 11.1. The third-order valence-corrected chi connectivity index (χ3v) is 2.60. The molecule has 0 aliphatic rings. The monoisotopic (exact) mass is 236 g/mol. The molecule has 0 unspecified atom stereocenters. The predicted molar refractivity (Wildman–Crippen MR) is 60.9 cm³/mol. The van der Waals surface area contributed by atoms with Crippen molar-refractivity contribution in [2.75, 3.05) is 0 Å². The minimum absolute atomic E-state index is 0.197. The van der Waals surface area contributed by atoms with Gasteiger partial charge in [0.15, 0.2) is 0 Å². The summed E-state index contributed by atoms with van der Waals surface area (Å²) in [7, 11) is 0. The Morgan fingerprint density at radius 1 is 1.31 bits per heavy atom. The normalized spacial score (nSPS) is 10.4. The van der Waals surface area contributed by atoms with Crippen LogP contribution >= 0.6 is 11.6 Å². The third kappa shape index (κ3) is 1.82. The smallest absolute Gasteiger partial charge is 0.339 e. The van der Waals surface area contributed by atoms with Crippen molar-refractivity contribution < 1.29 is 14.3 Å². The van der Waals surface area contributed by atoms with Gasteiger partial charge in [0.25, 0.3) is 0 Å². The molecule has 0 atom stereocenters. The van der Waals surface area contributed by atoms with E-state index < -0.39 is 5.97 Å². The molecule has 16 heavy (non-hydrogen) atoms. The van der Waals surface area contributed by atoms with Crippen LogP contribution in [0.3, 0.4) is 0 Å². The molecule has 0 spiro atoms. The van der Waals surface area contributed by atoms with E-state index in [0.29, 0.717) is 16.3 Å². The van der Waals surface area contributed by atoms with Gasteiger partial charge in [0.2, 0.25) is 0 Å². The zero-order chi connectivity index (χ0) is 11.7. The number of rotatable bonds is 2. The van der Waals surface area contributed by atoms with Crippen molar-refractivity contribution in [1.29, 1.82) is 0 Å². The van der Waals surface area contributed by atoms with Crippen LogP contribution in [0.5, 0.6) is 0 Å². The van der Waals surface area contributed by atoms with Crippen molar-refractivity contribution in [2.24, 2.45) is 0 Å². The maximum Gasteiger partial charge on any atom is 0.339 e. The Labute approximate surface area is 97.3 Å². The van der Waals surface area contributed by atoms with Crippen molar-refractivity contribution in [3.63, 3.8) is 0 Å². The maximum absolute atomic E-state index is 11.1. The first-order chi connectivity index (χ1) is 7.59. The quantitative estimate of drug-likeness (QED) is 0.867. The topological polar surface area (TPSA) is 50.4 Å². The summed E-state index contributed by atoms with van der Waals surface area (Å²) >= 11 is 5.77. The Hall–Kier alpha value is -1.74. The van der Waals surface area contributed by atoms with Crippen LogP contribution < -0.4 is 0 Å². The van der Waals surface area contributed by atoms with Gasteiger partial charge in [0.05, 0.1) is 6.26 Å². The summed E-state index contributed by atoms with van der Waals surface area (Å²) in [5.74, 6) is -0.589. The molecule has 2 rings (SSSR count). The fourth-order valence-electron chi connectivity index (χ4n) is 1.56. The van der Waals surface area contributed by atoms with Gasteiger partial charge in [0.1, 0.15) is 11.3 Å². The van der Waals surface area contributed by atoms with Gasteiger partial charge in [-0.05, 0) is 24.6 Å². The number of hydrogen-bond donors (Lipinski definition) is 1. The van der Waals surface area contributed by atoms with Crippen LogP contribution in [0.2, 0.25) is 5.02 Å². The van der Waals surface area contributed by atoms with Gasteiger partial charge in [-0.15, -0.1) is 0 Å². The number of carboxylic acid groups (broad SMARTS) is 1. The second kappa shape index (κ2) is 4.02. The van der Waals surface area contributed by atoms with E-state index in [1.807, 2.05) is 0 Å². The Bertz CT molecular complexity index is 526. The lowest BCUT2D eigenvalue weighted by atomic mass is 10.0. The number of aryl methyl sites for hydroxylation is 1. The molecule has 0 saturated carbocycles. The van der Waals surface area contributed by atoms with E-state index in [2.05, 4.69) is 0 Å². The highest BCUT2D eigenvalue weighted by atomic mass is 35.5. The van der Waals surface area contributed by atoms with Crippen molar-refractivity contribution in [3.8, 4) is 11.1 Å². The molecule has 0 saturated heterocycles. The number of carboxylic acids is 1.